The van der Waals surface area contributed by atoms with Gasteiger partial charge in [-0.3, -0.25) is 14.5 Å². The van der Waals surface area contributed by atoms with E-state index in [4.69, 9.17) is 11.6 Å². The van der Waals surface area contributed by atoms with E-state index in [1.165, 1.54) is 18.4 Å². The first kappa shape index (κ1) is 9.22. The first-order valence-corrected chi connectivity index (χ1v) is 4.44. The molecule has 0 aliphatic heterocycles. The zero-order valence-corrected chi connectivity index (χ0v) is 7.85. The Kier molecular flexibility index (Phi) is 2.83. The van der Waals surface area contributed by atoms with E-state index >= 15 is 0 Å². The van der Waals surface area contributed by atoms with Gasteiger partial charge in [0.15, 0.2) is 0 Å². The fourth-order valence-corrected chi connectivity index (χ4v) is 1.37. The molecule has 0 aliphatic carbocycles. The molecule has 0 spiro atoms. The summed E-state index contributed by atoms with van der Waals surface area (Å²) in [5, 5.41) is 2.66. The molecule has 0 atom stereocenters. The first-order chi connectivity index (χ1) is 5.63. The first-order valence-electron chi connectivity index (χ1n) is 3.12. The number of thiophene rings is 1. The number of carbonyl (C=O) groups excluding carboxylic acids is 2. The molecule has 64 valence electrons. The summed E-state index contributed by atoms with van der Waals surface area (Å²) in [7, 11) is 1.34. The van der Waals surface area contributed by atoms with Gasteiger partial charge in [0.05, 0.1) is 5.56 Å². The van der Waals surface area contributed by atoms with Crippen LogP contribution in [0.3, 0.4) is 0 Å². The van der Waals surface area contributed by atoms with Crippen molar-refractivity contribution in [3.05, 3.63) is 22.4 Å². The van der Waals surface area contributed by atoms with Crippen molar-refractivity contribution in [2.75, 3.05) is 7.05 Å². The van der Waals surface area contributed by atoms with E-state index in [2.05, 4.69) is 0 Å². The molecule has 0 saturated heterocycles. The zero-order chi connectivity index (χ0) is 9.14. The van der Waals surface area contributed by atoms with Crippen LogP contribution in [0.2, 0.25) is 0 Å². The van der Waals surface area contributed by atoms with E-state index in [-0.39, 0.29) is 5.91 Å². The highest BCUT2D eigenvalue weighted by molar-refractivity contribution is 7.08. The van der Waals surface area contributed by atoms with Gasteiger partial charge in [0, 0.05) is 12.4 Å². The van der Waals surface area contributed by atoms with Gasteiger partial charge >= 0.3 is 5.37 Å². The average Bonchev–Trinajstić information content (AvgIpc) is 2.53. The molecule has 0 N–H and O–H groups in total. The number of rotatable bonds is 1. The van der Waals surface area contributed by atoms with Crippen LogP contribution in [0.5, 0.6) is 0 Å². The molecule has 0 aromatic carbocycles. The molecule has 12 heavy (non-hydrogen) atoms. The summed E-state index contributed by atoms with van der Waals surface area (Å²) in [6.45, 7) is 0. The highest BCUT2D eigenvalue weighted by Gasteiger charge is 2.16. The summed E-state index contributed by atoms with van der Waals surface area (Å²) in [5.41, 5.74) is 0.483. The third-order valence-electron chi connectivity index (χ3n) is 1.34. The number of carbonyl (C=O) groups is 2. The third kappa shape index (κ3) is 1.84. The Morgan fingerprint density at radius 2 is 2.25 bits per heavy atom. The molecular formula is C7H6ClNO2S. The highest BCUT2D eigenvalue weighted by Crippen LogP contribution is 2.09. The van der Waals surface area contributed by atoms with Crippen LogP contribution in [0.25, 0.3) is 0 Å². The standard InChI is InChI=1S/C7H6ClNO2S/c1-9(7(8)11)6(10)5-2-3-12-4-5/h2-4H,1H3. The zero-order valence-electron chi connectivity index (χ0n) is 6.28. The summed E-state index contributed by atoms with van der Waals surface area (Å²) in [6, 6.07) is 1.64. The molecule has 0 aliphatic rings. The predicted octanol–water partition coefficient (Wildman–Crippen LogP) is 2.18. The van der Waals surface area contributed by atoms with Gasteiger partial charge in [0.25, 0.3) is 5.91 Å². The molecule has 0 bridgehead atoms. The maximum atomic E-state index is 11.3. The molecule has 0 radical (unpaired) electrons. The lowest BCUT2D eigenvalue weighted by Gasteiger charge is -2.08. The Labute approximate surface area is 78.6 Å². The van der Waals surface area contributed by atoms with Crippen LogP contribution in [0, 0.1) is 0 Å². The summed E-state index contributed by atoms with van der Waals surface area (Å²) >= 11 is 6.50. The summed E-state index contributed by atoms with van der Waals surface area (Å²) in [5.74, 6) is -0.378. The Hall–Kier alpha value is -0.870. The molecule has 1 rings (SSSR count). The van der Waals surface area contributed by atoms with Gasteiger partial charge in [-0.05, 0) is 23.0 Å². The van der Waals surface area contributed by atoms with Gasteiger partial charge in [-0.1, -0.05) is 0 Å². The van der Waals surface area contributed by atoms with Crippen molar-refractivity contribution in [2.45, 2.75) is 0 Å². The van der Waals surface area contributed by atoms with Crippen molar-refractivity contribution in [3.8, 4) is 0 Å². The summed E-state index contributed by atoms with van der Waals surface area (Å²) in [6.07, 6.45) is 0. The molecule has 0 saturated carbocycles. The van der Waals surface area contributed by atoms with Crippen LogP contribution < -0.4 is 0 Å². The molecule has 2 amide bonds. The van der Waals surface area contributed by atoms with E-state index in [0.29, 0.717) is 5.56 Å². The molecule has 0 fully saturated rings. The van der Waals surface area contributed by atoms with Crippen LogP contribution in [-0.4, -0.2) is 23.2 Å². The van der Waals surface area contributed by atoms with Gasteiger partial charge in [-0.2, -0.15) is 11.3 Å². The second kappa shape index (κ2) is 3.69. The molecular weight excluding hydrogens is 198 g/mol. The van der Waals surface area contributed by atoms with Crippen molar-refractivity contribution in [1.29, 1.82) is 0 Å². The van der Waals surface area contributed by atoms with Crippen molar-refractivity contribution in [2.24, 2.45) is 0 Å². The van der Waals surface area contributed by atoms with Crippen LogP contribution in [0.15, 0.2) is 16.8 Å². The number of nitrogens with zero attached hydrogens (tertiary/aromatic N) is 1. The minimum atomic E-state index is -0.772. The number of amides is 2. The number of hydrogen-bond donors (Lipinski definition) is 0. The van der Waals surface area contributed by atoms with Crippen molar-refractivity contribution in [1.82, 2.24) is 4.90 Å². The van der Waals surface area contributed by atoms with Crippen molar-refractivity contribution in [3.63, 3.8) is 0 Å². The topological polar surface area (TPSA) is 37.4 Å². The lowest BCUT2D eigenvalue weighted by molar-refractivity contribution is 0.0848. The molecule has 5 heteroatoms. The molecule has 1 aromatic rings. The van der Waals surface area contributed by atoms with E-state index < -0.39 is 5.37 Å². The molecule has 3 nitrogen and oxygen atoms in total. The molecule has 1 aromatic heterocycles. The Morgan fingerprint density at radius 3 is 2.67 bits per heavy atom. The second-order valence-corrected chi connectivity index (χ2v) is 3.23. The normalized spacial score (nSPS) is 9.50. The minimum absolute atomic E-state index is 0.378. The molecule has 0 unspecified atom stereocenters. The fourth-order valence-electron chi connectivity index (χ4n) is 0.660. The Morgan fingerprint density at radius 1 is 1.58 bits per heavy atom. The molecule has 1 heterocycles. The van der Waals surface area contributed by atoms with Crippen LogP contribution >= 0.6 is 22.9 Å². The number of halogens is 1. The van der Waals surface area contributed by atoms with E-state index in [1.54, 1.807) is 16.8 Å². The Bertz CT molecular complexity index is 296. The summed E-state index contributed by atoms with van der Waals surface area (Å²) < 4.78 is 0. The van der Waals surface area contributed by atoms with Gasteiger partial charge in [0.1, 0.15) is 0 Å². The third-order valence-corrected chi connectivity index (χ3v) is 2.27. The van der Waals surface area contributed by atoms with Crippen LogP contribution in [-0.2, 0) is 0 Å². The SMILES string of the molecule is CN(C(=O)Cl)C(=O)c1ccsc1. The van der Waals surface area contributed by atoms with Crippen molar-refractivity contribution < 1.29 is 9.59 Å². The fraction of sp³-hybridized carbons (Fsp3) is 0.143. The number of imide groups is 1. The summed E-state index contributed by atoms with van der Waals surface area (Å²) in [4.78, 5) is 22.7. The van der Waals surface area contributed by atoms with E-state index in [1.807, 2.05) is 0 Å². The van der Waals surface area contributed by atoms with E-state index in [0.717, 1.165) is 4.90 Å². The smallest absolute Gasteiger partial charge is 0.269 e. The maximum Gasteiger partial charge on any atom is 0.323 e. The lowest BCUT2D eigenvalue weighted by Crippen LogP contribution is -2.28. The predicted molar refractivity (Wildman–Crippen MR) is 47.7 cm³/mol. The van der Waals surface area contributed by atoms with Gasteiger partial charge in [0.2, 0.25) is 0 Å². The average molecular weight is 204 g/mol. The quantitative estimate of drug-likeness (QED) is 0.518. The maximum absolute atomic E-state index is 11.3. The van der Waals surface area contributed by atoms with Crippen LogP contribution in [0.1, 0.15) is 10.4 Å². The largest absolute Gasteiger partial charge is 0.323 e. The van der Waals surface area contributed by atoms with Gasteiger partial charge in [-0.25, -0.2) is 0 Å². The second-order valence-electron chi connectivity index (χ2n) is 2.13. The van der Waals surface area contributed by atoms with Crippen molar-refractivity contribution >= 4 is 34.2 Å². The monoisotopic (exact) mass is 203 g/mol. The van der Waals surface area contributed by atoms with Crippen LogP contribution in [0.4, 0.5) is 4.79 Å². The number of hydrogen-bond acceptors (Lipinski definition) is 3. The van der Waals surface area contributed by atoms with Gasteiger partial charge < -0.3 is 0 Å². The van der Waals surface area contributed by atoms with E-state index in [9.17, 15) is 9.59 Å². The highest BCUT2D eigenvalue weighted by atomic mass is 35.5. The van der Waals surface area contributed by atoms with Gasteiger partial charge in [-0.15, -0.1) is 0 Å². The Balaban J connectivity index is 2.79. The minimum Gasteiger partial charge on any atom is -0.269 e. The lowest BCUT2D eigenvalue weighted by atomic mass is 10.3.